The highest BCUT2D eigenvalue weighted by Gasteiger charge is 2.34. The maximum Gasteiger partial charge on any atom is 0.299 e. The van der Waals surface area contributed by atoms with E-state index in [2.05, 4.69) is 162 Å². The van der Waals surface area contributed by atoms with Crippen LogP contribution in [0.25, 0.3) is 61.8 Å². The lowest BCUT2D eigenvalue weighted by Crippen LogP contribution is -2.30. The van der Waals surface area contributed by atoms with Crippen LogP contribution in [0.3, 0.4) is 0 Å². The number of hydrogen-bond donors (Lipinski definition) is 0. The highest BCUT2D eigenvalue weighted by atomic mass is 16.3. The number of para-hydroxylation sites is 2. The van der Waals surface area contributed by atoms with Gasteiger partial charge in [-0.15, -0.1) is 0 Å². The summed E-state index contributed by atoms with van der Waals surface area (Å²) in [5, 5.41) is 0. The minimum Gasteiger partial charge on any atom is -0.435 e. The molecule has 0 saturated carbocycles. The van der Waals surface area contributed by atoms with Gasteiger partial charge in [0.1, 0.15) is 16.8 Å². The Bertz CT molecular complexity index is 2200. The fourth-order valence-electron chi connectivity index (χ4n) is 7.06. The first-order chi connectivity index (χ1) is 22.2. The van der Waals surface area contributed by atoms with Crippen LogP contribution < -0.4 is 4.57 Å². The predicted molar refractivity (Wildman–Crippen MR) is 191 cm³/mol. The summed E-state index contributed by atoms with van der Waals surface area (Å²) in [4.78, 5) is 5.07. The second-order valence-corrected chi connectivity index (χ2v) is 13.3. The lowest BCUT2D eigenvalue weighted by atomic mass is 9.88. The Labute approximate surface area is 272 Å². The summed E-state index contributed by atoms with van der Waals surface area (Å²) in [5.74, 6) is 2.35. The zero-order chi connectivity index (χ0) is 32.3. The molecule has 0 aliphatic rings. The molecule has 0 N–H and O–H groups in total. The van der Waals surface area contributed by atoms with Gasteiger partial charge in [0.25, 0.3) is 5.82 Å². The quantitative estimate of drug-likeness (QED) is 0.177. The van der Waals surface area contributed by atoms with Gasteiger partial charge in [-0.25, -0.2) is 9.55 Å². The van der Waals surface area contributed by atoms with Crippen molar-refractivity contribution in [2.75, 3.05) is 0 Å². The minimum atomic E-state index is 0.299. The Morgan fingerprint density at radius 1 is 0.652 bits per heavy atom. The van der Waals surface area contributed by atoms with E-state index >= 15 is 0 Å². The molecule has 0 aliphatic carbocycles. The van der Waals surface area contributed by atoms with Crippen molar-refractivity contribution in [2.24, 2.45) is 7.05 Å². The number of aryl methyl sites for hydroxylation is 4. The topological polar surface area (TPSA) is 34.8 Å². The van der Waals surface area contributed by atoms with Crippen molar-refractivity contribution in [1.29, 1.82) is 0 Å². The second kappa shape index (κ2) is 11.4. The van der Waals surface area contributed by atoms with Crippen molar-refractivity contribution in [2.45, 2.75) is 60.3 Å². The van der Waals surface area contributed by atoms with Crippen molar-refractivity contribution in [3.8, 4) is 39.7 Å². The van der Waals surface area contributed by atoms with E-state index in [-0.39, 0.29) is 0 Å². The zero-order valence-electron chi connectivity index (χ0n) is 28.1. The Kier molecular flexibility index (Phi) is 7.39. The minimum absolute atomic E-state index is 0.299. The third-order valence-corrected chi connectivity index (χ3v) is 9.44. The summed E-state index contributed by atoms with van der Waals surface area (Å²) in [6.07, 6.45) is 0. The number of aromatic nitrogens is 3. The monoisotopic (exact) mass is 604 g/mol. The number of oxazole rings is 1. The van der Waals surface area contributed by atoms with Gasteiger partial charge in [0.15, 0.2) is 16.6 Å². The summed E-state index contributed by atoms with van der Waals surface area (Å²) in [6, 6.07) is 34.9. The van der Waals surface area contributed by atoms with Crippen LogP contribution in [-0.2, 0) is 7.05 Å². The number of fused-ring (bicyclic) bond motifs is 2. The lowest BCUT2D eigenvalue weighted by molar-refractivity contribution is -0.633. The first-order valence-corrected chi connectivity index (χ1v) is 16.4. The molecule has 0 fully saturated rings. The first-order valence-electron chi connectivity index (χ1n) is 16.4. The zero-order valence-corrected chi connectivity index (χ0v) is 28.1. The molecular formula is C42H42N3O+. The van der Waals surface area contributed by atoms with Crippen LogP contribution >= 0.6 is 0 Å². The van der Waals surface area contributed by atoms with Gasteiger partial charge in [0.05, 0.1) is 7.05 Å². The fourth-order valence-corrected chi connectivity index (χ4v) is 7.06. The number of hydrogen-bond acceptors (Lipinski definition) is 2. The van der Waals surface area contributed by atoms with E-state index in [0.717, 1.165) is 44.7 Å². The Morgan fingerprint density at radius 3 is 1.91 bits per heavy atom. The molecule has 0 atom stereocenters. The van der Waals surface area contributed by atoms with Gasteiger partial charge in [-0.3, -0.25) is 0 Å². The van der Waals surface area contributed by atoms with Crippen LogP contribution in [0.15, 0.2) is 101 Å². The van der Waals surface area contributed by atoms with Crippen LogP contribution in [0, 0.1) is 20.8 Å². The van der Waals surface area contributed by atoms with E-state index in [0.29, 0.717) is 17.7 Å². The first kappa shape index (κ1) is 29.7. The van der Waals surface area contributed by atoms with Crippen molar-refractivity contribution in [3.63, 3.8) is 0 Å². The van der Waals surface area contributed by atoms with E-state index in [1.54, 1.807) is 0 Å². The molecule has 0 amide bonds. The SMILES string of the molecule is Cc1cccc(C)c1-c1nc2ccc(C)c(-c3n(-c4c(C(C)C)cc(-c5ccccc5)cc4C(C)C)c4ccccc4[n+]3C)c2o1. The molecule has 2 heterocycles. The molecule has 0 saturated heterocycles. The maximum absolute atomic E-state index is 6.82. The summed E-state index contributed by atoms with van der Waals surface area (Å²) in [7, 11) is 2.18. The number of rotatable bonds is 6. The van der Waals surface area contributed by atoms with Gasteiger partial charge >= 0.3 is 0 Å². The van der Waals surface area contributed by atoms with Crippen LogP contribution in [0.2, 0.25) is 0 Å². The van der Waals surface area contributed by atoms with E-state index < -0.39 is 0 Å². The van der Waals surface area contributed by atoms with Gasteiger partial charge in [-0.2, -0.15) is 4.57 Å². The molecule has 0 aliphatic heterocycles. The molecule has 2 aromatic heterocycles. The molecule has 46 heavy (non-hydrogen) atoms. The molecule has 7 rings (SSSR count). The highest BCUT2D eigenvalue weighted by molar-refractivity contribution is 5.94. The third-order valence-electron chi connectivity index (χ3n) is 9.44. The van der Waals surface area contributed by atoms with Gasteiger partial charge in [-0.1, -0.05) is 94.4 Å². The predicted octanol–water partition coefficient (Wildman–Crippen LogP) is 10.8. The smallest absolute Gasteiger partial charge is 0.299 e. The van der Waals surface area contributed by atoms with Crippen molar-refractivity contribution in [1.82, 2.24) is 9.55 Å². The van der Waals surface area contributed by atoms with Gasteiger partial charge in [0, 0.05) is 16.7 Å². The van der Waals surface area contributed by atoms with Gasteiger partial charge in [0.2, 0.25) is 5.89 Å². The van der Waals surface area contributed by atoms with Crippen molar-refractivity contribution >= 4 is 22.1 Å². The van der Waals surface area contributed by atoms with Gasteiger partial charge in [-0.05, 0) is 90.8 Å². The Hall–Kier alpha value is -4.96. The van der Waals surface area contributed by atoms with Crippen LogP contribution in [0.1, 0.15) is 67.3 Å². The van der Waals surface area contributed by atoms with E-state index in [9.17, 15) is 0 Å². The average molecular weight is 605 g/mol. The average Bonchev–Trinajstić information content (AvgIpc) is 3.59. The van der Waals surface area contributed by atoms with Crippen molar-refractivity contribution in [3.05, 3.63) is 125 Å². The summed E-state index contributed by atoms with van der Waals surface area (Å²) >= 11 is 0. The number of nitrogens with zero attached hydrogens (tertiary/aromatic N) is 3. The van der Waals surface area contributed by atoms with E-state index in [1.165, 1.54) is 39.0 Å². The molecule has 0 bridgehead atoms. The summed E-state index contributed by atoms with van der Waals surface area (Å²) in [6.45, 7) is 15.7. The van der Waals surface area contributed by atoms with Gasteiger partial charge < -0.3 is 4.42 Å². The largest absolute Gasteiger partial charge is 0.435 e. The Morgan fingerprint density at radius 2 is 1.26 bits per heavy atom. The Balaban J connectivity index is 1.60. The number of imidazole rings is 1. The van der Waals surface area contributed by atoms with E-state index in [4.69, 9.17) is 9.40 Å². The molecule has 4 nitrogen and oxygen atoms in total. The number of benzene rings is 5. The molecule has 230 valence electrons. The van der Waals surface area contributed by atoms with Crippen molar-refractivity contribution < 1.29 is 8.98 Å². The lowest BCUT2D eigenvalue weighted by Gasteiger charge is -2.21. The molecular weight excluding hydrogens is 562 g/mol. The van der Waals surface area contributed by atoms with Crippen LogP contribution in [0.5, 0.6) is 0 Å². The second-order valence-electron chi connectivity index (χ2n) is 13.3. The molecule has 0 unspecified atom stereocenters. The molecule has 0 spiro atoms. The molecule has 7 aromatic rings. The van der Waals surface area contributed by atoms with Crippen LogP contribution in [0.4, 0.5) is 0 Å². The maximum atomic E-state index is 6.82. The molecule has 0 radical (unpaired) electrons. The fraction of sp³-hybridized carbons (Fsp3) is 0.238. The summed E-state index contributed by atoms with van der Waals surface area (Å²) < 4.78 is 11.6. The third kappa shape index (κ3) is 4.75. The highest BCUT2D eigenvalue weighted by Crippen LogP contribution is 2.42. The molecule has 5 aromatic carbocycles. The summed E-state index contributed by atoms with van der Waals surface area (Å²) in [5.41, 5.74) is 16.0. The molecule has 4 heteroatoms. The standard InChI is InChI=1S/C42H42N3O/c1-25(2)32-23-31(30-17-10-9-11-18-30)24-33(26(3)4)39(32)45-36-20-13-12-19-35(36)44(8)42(45)38-29(7)21-22-34-40(38)46-41(43-34)37-27(5)15-14-16-28(37)6/h9-26H,1-8H3/q+1. The van der Waals surface area contributed by atoms with E-state index in [1.807, 2.05) is 0 Å². The normalized spacial score (nSPS) is 11.9. The van der Waals surface area contributed by atoms with Crippen LogP contribution in [-0.4, -0.2) is 9.55 Å².